The summed E-state index contributed by atoms with van der Waals surface area (Å²) in [5, 5.41) is 13.9. The van der Waals surface area contributed by atoms with Crippen LogP contribution in [0.3, 0.4) is 0 Å². The fraction of sp³-hybridized carbons (Fsp3) is 0.308. The van der Waals surface area contributed by atoms with Gasteiger partial charge in [0.05, 0.1) is 0 Å². The largest absolute Gasteiger partial charge is 0.398 e. The third kappa shape index (κ3) is 2.20. The van der Waals surface area contributed by atoms with Crippen molar-refractivity contribution in [3.63, 3.8) is 0 Å². The smallest absolute Gasteiger partial charge is 0.235 e. The average Bonchev–Trinajstić information content (AvgIpc) is 2.89. The van der Waals surface area contributed by atoms with Gasteiger partial charge >= 0.3 is 0 Å². The lowest BCUT2D eigenvalue weighted by Crippen LogP contribution is -2.16. The highest BCUT2D eigenvalue weighted by Gasteiger charge is 2.23. The molecule has 0 bridgehead atoms. The second-order valence-corrected chi connectivity index (χ2v) is 7.48. The van der Waals surface area contributed by atoms with Crippen molar-refractivity contribution in [2.24, 2.45) is 0 Å². The second-order valence-electron chi connectivity index (χ2n) is 5.61. The van der Waals surface area contributed by atoms with Gasteiger partial charge in [-0.2, -0.15) is 9.61 Å². The van der Waals surface area contributed by atoms with Crippen molar-refractivity contribution in [1.29, 1.82) is 0 Å². The van der Waals surface area contributed by atoms with Gasteiger partial charge in [-0.25, -0.2) is 0 Å². The number of halogens is 1. The van der Waals surface area contributed by atoms with E-state index in [1.165, 1.54) is 11.3 Å². The second kappa shape index (κ2) is 4.53. The third-order valence-electron chi connectivity index (χ3n) is 2.91. The summed E-state index contributed by atoms with van der Waals surface area (Å²) in [5.74, 6) is 0.851. The summed E-state index contributed by atoms with van der Waals surface area (Å²) < 4.78 is 2.78. The van der Waals surface area contributed by atoms with Gasteiger partial charge in [-0.05, 0) is 18.2 Å². The molecule has 3 aromatic rings. The number of nitrogen functional groups attached to an aromatic ring is 1. The number of rotatable bonds is 1. The molecule has 0 spiro atoms. The maximum absolute atomic E-state index is 6.04. The van der Waals surface area contributed by atoms with Crippen molar-refractivity contribution in [3.05, 3.63) is 28.5 Å². The van der Waals surface area contributed by atoms with Gasteiger partial charge in [-0.1, -0.05) is 48.0 Å². The minimum Gasteiger partial charge on any atom is -0.398 e. The maximum Gasteiger partial charge on any atom is 0.235 e. The molecule has 0 saturated heterocycles. The summed E-state index contributed by atoms with van der Waals surface area (Å²) >= 11 is 4.95. The van der Waals surface area contributed by atoms with Crippen molar-refractivity contribution in [1.82, 2.24) is 19.8 Å². The Morgan fingerprint density at radius 1 is 1.25 bits per heavy atom. The first-order valence-electron chi connectivity index (χ1n) is 6.14. The van der Waals surface area contributed by atoms with Crippen molar-refractivity contribution in [2.45, 2.75) is 26.2 Å². The average molecular weight is 352 g/mol. The third-order valence-corrected chi connectivity index (χ3v) is 4.33. The fourth-order valence-corrected chi connectivity index (χ4v) is 3.15. The minimum absolute atomic E-state index is 0.104. The van der Waals surface area contributed by atoms with E-state index < -0.39 is 0 Å². The highest BCUT2D eigenvalue weighted by atomic mass is 79.9. The van der Waals surface area contributed by atoms with Crippen molar-refractivity contribution in [3.8, 4) is 10.6 Å². The Kier molecular flexibility index (Phi) is 3.06. The van der Waals surface area contributed by atoms with Gasteiger partial charge < -0.3 is 5.73 Å². The quantitative estimate of drug-likeness (QED) is 0.681. The van der Waals surface area contributed by atoms with Crippen LogP contribution < -0.4 is 5.73 Å². The monoisotopic (exact) mass is 351 g/mol. The molecule has 0 amide bonds. The van der Waals surface area contributed by atoms with Gasteiger partial charge in [0.2, 0.25) is 4.96 Å². The van der Waals surface area contributed by atoms with E-state index in [-0.39, 0.29) is 5.41 Å². The molecule has 0 radical (unpaired) electrons. The Labute approximate surface area is 129 Å². The summed E-state index contributed by atoms with van der Waals surface area (Å²) in [6.07, 6.45) is 0. The van der Waals surface area contributed by atoms with Crippen molar-refractivity contribution >= 4 is 37.9 Å². The molecule has 0 saturated carbocycles. The van der Waals surface area contributed by atoms with E-state index >= 15 is 0 Å². The lowest BCUT2D eigenvalue weighted by Gasteiger charge is -2.13. The molecule has 2 N–H and O–H groups in total. The Hall–Kier alpha value is -1.47. The van der Waals surface area contributed by atoms with Crippen molar-refractivity contribution < 1.29 is 0 Å². The van der Waals surface area contributed by atoms with Gasteiger partial charge in [-0.3, -0.25) is 0 Å². The summed E-state index contributed by atoms with van der Waals surface area (Å²) in [6.45, 7) is 6.28. The van der Waals surface area contributed by atoms with E-state index in [2.05, 4.69) is 52.0 Å². The zero-order valence-corrected chi connectivity index (χ0v) is 13.8. The van der Waals surface area contributed by atoms with Gasteiger partial charge in [0.15, 0.2) is 5.82 Å². The standard InChI is InChI=1S/C13H14BrN5S/c1-13(2,3)11-16-17-12-19(11)18-10(20-12)8-6-7(14)4-5-9(8)15/h4-6H,15H2,1-3H3. The van der Waals surface area contributed by atoms with Crippen LogP contribution in [0.25, 0.3) is 15.5 Å². The molecular weight excluding hydrogens is 338 g/mol. The van der Waals surface area contributed by atoms with Crippen LogP contribution in [0.2, 0.25) is 0 Å². The normalized spacial score (nSPS) is 12.2. The topological polar surface area (TPSA) is 69.1 Å². The van der Waals surface area contributed by atoms with E-state index in [9.17, 15) is 0 Å². The predicted octanol–water partition coefficient (Wildman–Crippen LogP) is 3.50. The van der Waals surface area contributed by atoms with Crippen molar-refractivity contribution in [2.75, 3.05) is 5.73 Å². The van der Waals surface area contributed by atoms with E-state index in [4.69, 9.17) is 5.73 Å². The SMILES string of the molecule is CC(C)(C)c1nnc2sc(-c3cc(Br)ccc3N)nn12. The lowest BCUT2D eigenvalue weighted by atomic mass is 9.96. The minimum atomic E-state index is -0.104. The summed E-state index contributed by atoms with van der Waals surface area (Å²) in [4.78, 5) is 0.782. The Morgan fingerprint density at radius 3 is 2.70 bits per heavy atom. The lowest BCUT2D eigenvalue weighted by molar-refractivity contribution is 0.528. The highest BCUT2D eigenvalue weighted by molar-refractivity contribution is 9.10. The Morgan fingerprint density at radius 2 is 2.00 bits per heavy atom. The van der Waals surface area contributed by atoms with Crippen LogP contribution in [0.4, 0.5) is 5.69 Å². The number of hydrogen-bond acceptors (Lipinski definition) is 5. The Bertz CT molecular complexity index is 784. The molecule has 104 valence electrons. The van der Waals surface area contributed by atoms with Crippen LogP contribution in [-0.4, -0.2) is 19.8 Å². The van der Waals surface area contributed by atoms with E-state index in [0.717, 1.165) is 25.8 Å². The molecule has 0 aliphatic carbocycles. The van der Waals surface area contributed by atoms with Crippen LogP contribution in [-0.2, 0) is 5.41 Å². The molecule has 7 heteroatoms. The number of aromatic nitrogens is 4. The predicted molar refractivity (Wildman–Crippen MR) is 84.9 cm³/mol. The first-order valence-corrected chi connectivity index (χ1v) is 7.75. The zero-order chi connectivity index (χ0) is 14.5. The molecule has 20 heavy (non-hydrogen) atoms. The summed E-state index contributed by atoms with van der Waals surface area (Å²) in [7, 11) is 0. The molecule has 0 fully saturated rings. The molecule has 0 aliphatic heterocycles. The van der Waals surface area contributed by atoms with E-state index in [0.29, 0.717) is 5.69 Å². The van der Waals surface area contributed by atoms with Crippen LogP contribution in [0, 0.1) is 0 Å². The summed E-state index contributed by atoms with van der Waals surface area (Å²) in [5.41, 5.74) is 7.55. The van der Waals surface area contributed by atoms with Gasteiger partial charge in [0, 0.05) is 21.1 Å². The molecule has 5 nitrogen and oxygen atoms in total. The number of nitrogens with zero attached hydrogens (tertiary/aromatic N) is 4. The number of nitrogens with two attached hydrogens (primary N) is 1. The maximum atomic E-state index is 6.04. The first kappa shape index (κ1) is 13.5. The van der Waals surface area contributed by atoms with Crippen LogP contribution in [0.15, 0.2) is 22.7 Å². The molecule has 0 unspecified atom stereocenters. The fourth-order valence-electron chi connectivity index (χ4n) is 1.91. The summed E-state index contributed by atoms with van der Waals surface area (Å²) in [6, 6.07) is 5.75. The molecule has 2 aromatic heterocycles. The highest BCUT2D eigenvalue weighted by Crippen LogP contribution is 2.33. The molecule has 1 aromatic carbocycles. The number of hydrogen-bond donors (Lipinski definition) is 1. The van der Waals surface area contributed by atoms with E-state index in [1.807, 2.05) is 18.2 Å². The van der Waals surface area contributed by atoms with Crippen LogP contribution >= 0.6 is 27.3 Å². The molecular formula is C13H14BrN5S. The molecule has 0 aliphatic rings. The van der Waals surface area contributed by atoms with E-state index in [1.54, 1.807) is 4.52 Å². The van der Waals surface area contributed by atoms with Gasteiger partial charge in [-0.15, -0.1) is 10.2 Å². The molecule has 3 rings (SSSR count). The van der Waals surface area contributed by atoms with Crippen LogP contribution in [0.1, 0.15) is 26.6 Å². The van der Waals surface area contributed by atoms with Crippen LogP contribution in [0.5, 0.6) is 0 Å². The number of fused-ring (bicyclic) bond motifs is 1. The number of benzene rings is 1. The Balaban J connectivity index is 2.19. The molecule has 2 heterocycles. The number of anilines is 1. The first-order chi connectivity index (χ1) is 9.36. The van der Waals surface area contributed by atoms with Gasteiger partial charge in [0.25, 0.3) is 0 Å². The molecule has 0 atom stereocenters. The van der Waals surface area contributed by atoms with Gasteiger partial charge in [0.1, 0.15) is 5.01 Å². The zero-order valence-electron chi connectivity index (χ0n) is 11.4.